The summed E-state index contributed by atoms with van der Waals surface area (Å²) >= 11 is 0. The van der Waals surface area contributed by atoms with E-state index in [2.05, 4.69) is 14.7 Å². The van der Waals surface area contributed by atoms with Crippen molar-refractivity contribution in [3.63, 3.8) is 0 Å². The third-order valence-electron chi connectivity index (χ3n) is 5.28. The van der Waals surface area contributed by atoms with Gasteiger partial charge >= 0.3 is 5.97 Å². The van der Waals surface area contributed by atoms with E-state index in [0.717, 1.165) is 11.1 Å². The molecule has 1 fully saturated rings. The number of pyridine rings is 2. The lowest BCUT2D eigenvalue weighted by Gasteiger charge is -2.24. The first-order valence-electron chi connectivity index (χ1n) is 10.6. The molecule has 1 aliphatic heterocycles. The van der Waals surface area contributed by atoms with Gasteiger partial charge in [0.05, 0.1) is 32.8 Å². The fourth-order valence-corrected chi connectivity index (χ4v) is 3.47. The van der Waals surface area contributed by atoms with Gasteiger partial charge in [-0.2, -0.15) is 0 Å². The van der Waals surface area contributed by atoms with Crippen LogP contribution in [0, 0.1) is 0 Å². The first-order chi connectivity index (χ1) is 15.5. The summed E-state index contributed by atoms with van der Waals surface area (Å²) < 4.78 is 10.8. The Labute approximate surface area is 187 Å². The predicted molar refractivity (Wildman–Crippen MR) is 115 cm³/mol. The number of hydrogen-bond donors (Lipinski definition) is 0. The van der Waals surface area contributed by atoms with Crippen LogP contribution in [0.25, 0.3) is 0 Å². The van der Waals surface area contributed by atoms with E-state index in [1.165, 1.54) is 7.11 Å². The van der Waals surface area contributed by atoms with Crippen LogP contribution in [-0.4, -0.2) is 76.9 Å². The second kappa shape index (κ2) is 11.9. The van der Waals surface area contributed by atoms with Gasteiger partial charge in [0.25, 0.3) is 0 Å². The first kappa shape index (κ1) is 23.3. The molecule has 170 valence electrons. The number of ether oxygens (including phenoxy) is 2. The normalized spacial score (nSPS) is 16.5. The Hall–Kier alpha value is -3.33. The van der Waals surface area contributed by atoms with Crippen molar-refractivity contribution in [2.45, 2.75) is 32.0 Å². The van der Waals surface area contributed by atoms with Crippen molar-refractivity contribution < 1.29 is 23.9 Å². The van der Waals surface area contributed by atoms with Crippen LogP contribution in [0.4, 0.5) is 0 Å². The van der Waals surface area contributed by atoms with E-state index in [9.17, 15) is 14.4 Å². The van der Waals surface area contributed by atoms with Crippen molar-refractivity contribution >= 4 is 17.8 Å². The molecule has 0 aliphatic carbocycles. The highest BCUT2D eigenvalue weighted by Gasteiger charge is 2.31. The van der Waals surface area contributed by atoms with Crippen molar-refractivity contribution in [1.82, 2.24) is 19.8 Å². The van der Waals surface area contributed by atoms with Crippen LogP contribution in [-0.2, 0) is 36.9 Å². The molecule has 1 saturated heterocycles. The van der Waals surface area contributed by atoms with Gasteiger partial charge in [0.2, 0.25) is 11.8 Å². The number of hydrogen-bond acceptors (Lipinski definition) is 7. The second-order valence-corrected chi connectivity index (χ2v) is 7.59. The van der Waals surface area contributed by atoms with Crippen molar-refractivity contribution in [2.24, 2.45) is 0 Å². The predicted octanol–water partition coefficient (Wildman–Crippen LogP) is 1.23. The summed E-state index contributed by atoms with van der Waals surface area (Å²) in [5.41, 5.74) is 1.92. The van der Waals surface area contributed by atoms with E-state index in [4.69, 9.17) is 4.74 Å². The number of amides is 2. The van der Waals surface area contributed by atoms with E-state index in [-0.39, 0.29) is 49.8 Å². The summed E-state index contributed by atoms with van der Waals surface area (Å²) in [6.45, 7) is 1.12. The van der Waals surface area contributed by atoms with Crippen LogP contribution in [0.5, 0.6) is 0 Å². The maximum atomic E-state index is 12.9. The summed E-state index contributed by atoms with van der Waals surface area (Å²) in [7, 11) is 1.32. The molecule has 2 amide bonds. The topological polar surface area (TPSA) is 102 Å². The van der Waals surface area contributed by atoms with Crippen LogP contribution < -0.4 is 0 Å². The molecule has 1 atom stereocenters. The smallest absolute Gasteiger partial charge is 0.307 e. The maximum Gasteiger partial charge on any atom is 0.307 e. The molecule has 2 aromatic heterocycles. The SMILES string of the molecule is COC(=O)CCN1C[C@@H](OCc2ccncc2)CN(C(=O)CCc2cccnc2)CC1=O. The number of nitrogens with zero attached hydrogens (tertiary/aromatic N) is 4. The Morgan fingerprint density at radius 3 is 2.59 bits per heavy atom. The van der Waals surface area contributed by atoms with Gasteiger partial charge in [0.15, 0.2) is 0 Å². The molecule has 1 aliphatic rings. The quantitative estimate of drug-likeness (QED) is 0.541. The molecule has 2 aromatic rings. The van der Waals surface area contributed by atoms with Gasteiger partial charge < -0.3 is 19.3 Å². The largest absolute Gasteiger partial charge is 0.469 e. The third-order valence-corrected chi connectivity index (χ3v) is 5.28. The van der Waals surface area contributed by atoms with Crippen molar-refractivity contribution in [1.29, 1.82) is 0 Å². The third kappa shape index (κ3) is 7.12. The number of aromatic nitrogens is 2. The number of methoxy groups -OCH3 is 1. The molecule has 0 N–H and O–H groups in total. The average molecular weight is 441 g/mol. The van der Waals surface area contributed by atoms with E-state index in [1.807, 2.05) is 24.3 Å². The summed E-state index contributed by atoms with van der Waals surface area (Å²) in [4.78, 5) is 48.5. The van der Waals surface area contributed by atoms with Crippen molar-refractivity contribution in [3.8, 4) is 0 Å². The van der Waals surface area contributed by atoms with Gasteiger partial charge in [-0.1, -0.05) is 6.07 Å². The second-order valence-electron chi connectivity index (χ2n) is 7.59. The fourth-order valence-electron chi connectivity index (χ4n) is 3.47. The Bertz CT molecular complexity index is 894. The number of carbonyl (C=O) groups excluding carboxylic acids is 3. The summed E-state index contributed by atoms with van der Waals surface area (Å²) in [6.07, 6.45) is 7.33. The van der Waals surface area contributed by atoms with Crippen LogP contribution >= 0.6 is 0 Å². The molecule has 0 radical (unpaired) electrons. The summed E-state index contributed by atoms with van der Waals surface area (Å²) in [5, 5.41) is 0. The van der Waals surface area contributed by atoms with E-state index in [0.29, 0.717) is 26.1 Å². The van der Waals surface area contributed by atoms with Gasteiger partial charge in [-0.05, 0) is 35.7 Å². The molecule has 9 heteroatoms. The van der Waals surface area contributed by atoms with Crippen LogP contribution in [0.3, 0.4) is 0 Å². The highest BCUT2D eigenvalue weighted by atomic mass is 16.5. The molecule has 3 heterocycles. The number of rotatable bonds is 9. The minimum atomic E-state index is -0.388. The Morgan fingerprint density at radius 1 is 1.06 bits per heavy atom. The lowest BCUT2D eigenvalue weighted by molar-refractivity contribution is -0.142. The molecule has 9 nitrogen and oxygen atoms in total. The molecule has 32 heavy (non-hydrogen) atoms. The molecule has 0 saturated carbocycles. The Balaban J connectivity index is 1.65. The van der Waals surface area contributed by atoms with Crippen LogP contribution in [0.2, 0.25) is 0 Å². The standard InChI is InChI=1S/C23H28N4O5/c1-31-23(30)8-12-26-14-20(32-17-19-6-10-24-11-7-19)15-27(16-22(26)29)21(28)5-4-18-3-2-9-25-13-18/h2-3,6-7,9-11,13,20H,4-5,8,12,14-17H2,1H3/t20-/m1/s1. The van der Waals surface area contributed by atoms with E-state index >= 15 is 0 Å². The number of carbonyl (C=O) groups is 3. The number of aryl methyl sites for hydroxylation is 1. The van der Waals surface area contributed by atoms with E-state index in [1.54, 1.807) is 34.6 Å². The molecule has 0 aromatic carbocycles. The zero-order valence-corrected chi connectivity index (χ0v) is 18.2. The van der Waals surface area contributed by atoms with Gasteiger partial charge in [0, 0.05) is 50.8 Å². The van der Waals surface area contributed by atoms with Gasteiger partial charge in [-0.3, -0.25) is 24.4 Å². The molecule has 0 bridgehead atoms. The molecular weight excluding hydrogens is 412 g/mol. The minimum Gasteiger partial charge on any atom is -0.469 e. The van der Waals surface area contributed by atoms with E-state index < -0.39 is 0 Å². The van der Waals surface area contributed by atoms with Crippen LogP contribution in [0.1, 0.15) is 24.0 Å². The molecule has 0 unspecified atom stereocenters. The van der Waals surface area contributed by atoms with Gasteiger partial charge in [-0.15, -0.1) is 0 Å². The Morgan fingerprint density at radius 2 is 1.88 bits per heavy atom. The zero-order chi connectivity index (χ0) is 22.8. The monoisotopic (exact) mass is 440 g/mol. The highest BCUT2D eigenvalue weighted by molar-refractivity contribution is 5.85. The molecule has 0 spiro atoms. The van der Waals surface area contributed by atoms with Crippen LogP contribution in [0.15, 0.2) is 49.1 Å². The fraction of sp³-hybridized carbons (Fsp3) is 0.435. The summed E-state index contributed by atoms with van der Waals surface area (Å²) in [5.74, 6) is -0.714. The van der Waals surface area contributed by atoms with Gasteiger partial charge in [-0.25, -0.2) is 0 Å². The van der Waals surface area contributed by atoms with Crippen molar-refractivity contribution in [3.05, 3.63) is 60.2 Å². The zero-order valence-electron chi connectivity index (χ0n) is 18.2. The van der Waals surface area contributed by atoms with Crippen molar-refractivity contribution in [2.75, 3.05) is 33.3 Å². The molecule has 3 rings (SSSR count). The minimum absolute atomic E-state index is 0.0395. The highest BCUT2D eigenvalue weighted by Crippen LogP contribution is 2.14. The number of esters is 1. The first-order valence-corrected chi connectivity index (χ1v) is 10.6. The summed E-state index contributed by atoms with van der Waals surface area (Å²) in [6, 6.07) is 7.46. The molecular formula is C23H28N4O5. The lowest BCUT2D eigenvalue weighted by atomic mass is 10.1. The average Bonchev–Trinajstić information content (AvgIpc) is 2.99. The Kier molecular flexibility index (Phi) is 8.68. The maximum absolute atomic E-state index is 12.9. The lowest BCUT2D eigenvalue weighted by Crippen LogP contribution is -2.40. The van der Waals surface area contributed by atoms with Gasteiger partial charge in [0.1, 0.15) is 0 Å².